The number of rotatable bonds is 2. The van der Waals surface area contributed by atoms with Crippen LogP contribution in [-0.4, -0.2) is 11.0 Å². The second-order valence-electron chi connectivity index (χ2n) is 4.75. The molecule has 0 aliphatic heterocycles. The standard InChI is InChI=1S/C16H13NO2S/c1-10-5-11(2)7-13(6-10)19-16(18)12-3-4-14-15(8-12)20-9-17-14/h3-9H,1-2H3. The van der Waals surface area contributed by atoms with Crippen LogP contribution in [0.5, 0.6) is 5.75 Å². The van der Waals surface area contributed by atoms with Crippen molar-refractivity contribution in [3.05, 3.63) is 58.6 Å². The Hall–Kier alpha value is -2.20. The molecule has 3 nitrogen and oxygen atoms in total. The van der Waals surface area contributed by atoms with Gasteiger partial charge in [0.05, 0.1) is 21.3 Å². The zero-order valence-electron chi connectivity index (χ0n) is 11.2. The molecular formula is C16H13NO2S. The second-order valence-corrected chi connectivity index (χ2v) is 5.63. The smallest absolute Gasteiger partial charge is 0.343 e. The van der Waals surface area contributed by atoms with Crippen LogP contribution in [0.4, 0.5) is 0 Å². The molecule has 1 aromatic heterocycles. The quantitative estimate of drug-likeness (QED) is 0.524. The van der Waals surface area contributed by atoms with Crippen LogP contribution in [0.25, 0.3) is 10.2 Å². The summed E-state index contributed by atoms with van der Waals surface area (Å²) in [5, 5.41) is 0. The Morgan fingerprint density at radius 2 is 1.85 bits per heavy atom. The Labute approximate surface area is 120 Å². The van der Waals surface area contributed by atoms with E-state index in [0.717, 1.165) is 21.3 Å². The molecule has 20 heavy (non-hydrogen) atoms. The zero-order valence-corrected chi connectivity index (χ0v) is 12.0. The lowest BCUT2D eigenvalue weighted by molar-refractivity contribution is 0.0735. The van der Waals surface area contributed by atoms with E-state index in [9.17, 15) is 4.79 Å². The van der Waals surface area contributed by atoms with Crippen molar-refractivity contribution >= 4 is 27.5 Å². The molecule has 2 aromatic carbocycles. The Morgan fingerprint density at radius 1 is 1.10 bits per heavy atom. The van der Waals surface area contributed by atoms with Crippen LogP contribution in [0.2, 0.25) is 0 Å². The highest BCUT2D eigenvalue weighted by Crippen LogP contribution is 2.21. The van der Waals surface area contributed by atoms with E-state index in [2.05, 4.69) is 4.98 Å². The van der Waals surface area contributed by atoms with E-state index in [1.54, 1.807) is 11.6 Å². The number of hydrogen-bond acceptors (Lipinski definition) is 4. The van der Waals surface area contributed by atoms with Crippen LogP contribution >= 0.6 is 11.3 Å². The average molecular weight is 283 g/mol. The summed E-state index contributed by atoms with van der Waals surface area (Å²) in [4.78, 5) is 16.4. The summed E-state index contributed by atoms with van der Waals surface area (Å²) in [5.41, 5.74) is 5.36. The fourth-order valence-corrected chi connectivity index (χ4v) is 2.86. The maximum Gasteiger partial charge on any atom is 0.343 e. The third-order valence-electron chi connectivity index (χ3n) is 2.97. The zero-order chi connectivity index (χ0) is 14.1. The minimum absolute atomic E-state index is 0.342. The summed E-state index contributed by atoms with van der Waals surface area (Å²) in [6.07, 6.45) is 0. The number of fused-ring (bicyclic) bond motifs is 1. The summed E-state index contributed by atoms with van der Waals surface area (Å²) in [6.45, 7) is 3.96. The lowest BCUT2D eigenvalue weighted by Gasteiger charge is -2.06. The summed E-state index contributed by atoms with van der Waals surface area (Å²) >= 11 is 1.51. The number of benzene rings is 2. The summed E-state index contributed by atoms with van der Waals surface area (Å²) in [7, 11) is 0. The van der Waals surface area contributed by atoms with Gasteiger partial charge in [-0.2, -0.15) is 0 Å². The number of carbonyl (C=O) groups excluding carboxylic acids is 1. The molecule has 0 unspecified atom stereocenters. The van der Waals surface area contributed by atoms with Gasteiger partial charge in [0.15, 0.2) is 0 Å². The normalized spacial score (nSPS) is 10.7. The predicted molar refractivity (Wildman–Crippen MR) is 80.5 cm³/mol. The molecule has 0 spiro atoms. The van der Waals surface area contributed by atoms with Gasteiger partial charge in [-0.3, -0.25) is 0 Å². The third-order valence-corrected chi connectivity index (χ3v) is 3.76. The van der Waals surface area contributed by atoms with Crippen LogP contribution < -0.4 is 4.74 Å². The molecule has 0 radical (unpaired) electrons. The van der Waals surface area contributed by atoms with Crippen molar-refractivity contribution in [3.63, 3.8) is 0 Å². The number of carbonyl (C=O) groups is 1. The van der Waals surface area contributed by atoms with E-state index in [4.69, 9.17) is 4.74 Å². The van der Waals surface area contributed by atoms with Crippen LogP contribution in [0.3, 0.4) is 0 Å². The molecule has 0 aliphatic carbocycles. The number of thiazole rings is 1. The van der Waals surface area contributed by atoms with Crippen molar-refractivity contribution in [1.29, 1.82) is 0 Å². The average Bonchev–Trinajstić information content (AvgIpc) is 2.84. The third kappa shape index (κ3) is 2.56. The number of hydrogen-bond donors (Lipinski definition) is 0. The van der Waals surface area contributed by atoms with Gasteiger partial charge in [0, 0.05) is 0 Å². The number of aryl methyl sites for hydroxylation is 2. The molecule has 1 heterocycles. The van der Waals surface area contributed by atoms with Gasteiger partial charge in [-0.1, -0.05) is 6.07 Å². The molecule has 0 bridgehead atoms. The molecule has 0 atom stereocenters. The molecular weight excluding hydrogens is 270 g/mol. The minimum Gasteiger partial charge on any atom is -0.423 e. The molecule has 0 fully saturated rings. The van der Waals surface area contributed by atoms with Gasteiger partial charge in [-0.05, 0) is 55.3 Å². The Morgan fingerprint density at radius 3 is 2.60 bits per heavy atom. The van der Waals surface area contributed by atoms with E-state index in [0.29, 0.717) is 11.3 Å². The molecule has 0 amide bonds. The van der Waals surface area contributed by atoms with E-state index in [-0.39, 0.29) is 5.97 Å². The second kappa shape index (κ2) is 5.06. The van der Waals surface area contributed by atoms with Gasteiger partial charge in [-0.15, -0.1) is 11.3 Å². The van der Waals surface area contributed by atoms with E-state index < -0.39 is 0 Å². The van der Waals surface area contributed by atoms with Crippen LogP contribution in [-0.2, 0) is 0 Å². The largest absolute Gasteiger partial charge is 0.423 e. The van der Waals surface area contributed by atoms with Crippen molar-refractivity contribution < 1.29 is 9.53 Å². The highest BCUT2D eigenvalue weighted by Gasteiger charge is 2.10. The van der Waals surface area contributed by atoms with E-state index in [1.165, 1.54) is 11.3 Å². The maximum absolute atomic E-state index is 12.2. The number of esters is 1. The van der Waals surface area contributed by atoms with Gasteiger partial charge in [0.1, 0.15) is 5.75 Å². The fourth-order valence-electron chi connectivity index (χ4n) is 2.14. The van der Waals surface area contributed by atoms with Crippen molar-refractivity contribution in [2.24, 2.45) is 0 Å². The fraction of sp³-hybridized carbons (Fsp3) is 0.125. The van der Waals surface area contributed by atoms with Crippen molar-refractivity contribution in [3.8, 4) is 5.75 Å². The van der Waals surface area contributed by atoms with Crippen molar-refractivity contribution in [1.82, 2.24) is 4.98 Å². The van der Waals surface area contributed by atoms with Gasteiger partial charge in [0.2, 0.25) is 0 Å². The van der Waals surface area contributed by atoms with Crippen molar-refractivity contribution in [2.45, 2.75) is 13.8 Å². The topological polar surface area (TPSA) is 39.2 Å². The van der Waals surface area contributed by atoms with Gasteiger partial charge >= 0.3 is 5.97 Å². The van der Waals surface area contributed by atoms with Crippen LogP contribution in [0, 0.1) is 13.8 Å². The van der Waals surface area contributed by atoms with E-state index >= 15 is 0 Å². The highest BCUT2D eigenvalue weighted by atomic mass is 32.1. The van der Waals surface area contributed by atoms with Gasteiger partial charge < -0.3 is 4.74 Å². The van der Waals surface area contributed by atoms with Gasteiger partial charge in [0.25, 0.3) is 0 Å². The Bertz CT molecular complexity index is 772. The molecule has 0 saturated heterocycles. The molecule has 3 aromatic rings. The van der Waals surface area contributed by atoms with Gasteiger partial charge in [-0.25, -0.2) is 9.78 Å². The molecule has 0 saturated carbocycles. The van der Waals surface area contributed by atoms with Crippen LogP contribution in [0.15, 0.2) is 41.9 Å². The predicted octanol–water partition coefficient (Wildman–Crippen LogP) is 4.13. The minimum atomic E-state index is -0.342. The summed E-state index contributed by atoms with van der Waals surface area (Å²) < 4.78 is 6.42. The SMILES string of the molecule is Cc1cc(C)cc(OC(=O)c2ccc3ncsc3c2)c1. The number of ether oxygens (including phenoxy) is 1. The first-order valence-corrected chi connectivity index (χ1v) is 7.13. The summed E-state index contributed by atoms with van der Waals surface area (Å²) in [5.74, 6) is 0.238. The summed E-state index contributed by atoms with van der Waals surface area (Å²) in [6, 6.07) is 11.2. The first-order valence-electron chi connectivity index (χ1n) is 6.25. The molecule has 100 valence electrons. The maximum atomic E-state index is 12.2. The van der Waals surface area contributed by atoms with Crippen LogP contribution in [0.1, 0.15) is 21.5 Å². The molecule has 0 aliphatic rings. The lowest BCUT2D eigenvalue weighted by Crippen LogP contribution is -2.08. The number of nitrogens with zero attached hydrogens (tertiary/aromatic N) is 1. The Kier molecular flexibility index (Phi) is 3.24. The van der Waals surface area contributed by atoms with Crippen molar-refractivity contribution in [2.75, 3.05) is 0 Å². The van der Waals surface area contributed by atoms with E-state index in [1.807, 2.05) is 44.2 Å². The molecule has 3 rings (SSSR count). The molecule has 4 heteroatoms. The Balaban J connectivity index is 1.88. The monoisotopic (exact) mass is 283 g/mol. The highest BCUT2D eigenvalue weighted by molar-refractivity contribution is 7.16. The number of aromatic nitrogens is 1. The first-order chi connectivity index (χ1) is 9.61. The molecule has 0 N–H and O–H groups in total. The first kappa shape index (κ1) is 12.8. The lowest BCUT2D eigenvalue weighted by atomic mass is 10.1.